The molecule has 23 heavy (non-hydrogen) atoms. The Morgan fingerprint density at radius 3 is 2.74 bits per heavy atom. The monoisotopic (exact) mass is 325 g/mol. The number of nitrogens with zero attached hydrogens (tertiary/aromatic N) is 3. The fourth-order valence-corrected chi connectivity index (χ4v) is 3.74. The SMILES string of the molecule is O=C(O)c1ccc([N+](=O)[O-])c(N2C[C@]3(F)CCC[C@]3(CO)C2)n1. The summed E-state index contributed by atoms with van der Waals surface area (Å²) in [5.74, 6) is -1.47. The first-order chi connectivity index (χ1) is 10.8. The van der Waals surface area contributed by atoms with Gasteiger partial charge in [-0.3, -0.25) is 10.1 Å². The Morgan fingerprint density at radius 2 is 2.17 bits per heavy atom. The van der Waals surface area contributed by atoms with Crippen LogP contribution in [-0.2, 0) is 0 Å². The summed E-state index contributed by atoms with van der Waals surface area (Å²) >= 11 is 0. The molecule has 2 aliphatic rings. The molecule has 1 saturated carbocycles. The summed E-state index contributed by atoms with van der Waals surface area (Å²) in [6.45, 7) is -0.409. The number of pyridine rings is 1. The quantitative estimate of drug-likeness (QED) is 0.634. The molecule has 1 aliphatic carbocycles. The van der Waals surface area contributed by atoms with Gasteiger partial charge in [-0.05, 0) is 25.3 Å². The first-order valence-electron chi connectivity index (χ1n) is 7.25. The van der Waals surface area contributed by atoms with E-state index in [1.807, 2.05) is 0 Å². The van der Waals surface area contributed by atoms with Crippen LogP contribution in [0.3, 0.4) is 0 Å². The van der Waals surface area contributed by atoms with Gasteiger partial charge in [0.25, 0.3) is 0 Å². The molecule has 2 heterocycles. The number of halogens is 1. The lowest BCUT2D eigenvalue weighted by Gasteiger charge is -2.30. The molecule has 3 rings (SSSR count). The van der Waals surface area contributed by atoms with Crippen LogP contribution in [0.5, 0.6) is 0 Å². The van der Waals surface area contributed by atoms with Gasteiger partial charge in [-0.25, -0.2) is 14.2 Å². The van der Waals surface area contributed by atoms with Crippen LogP contribution in [0.1, 0.15) is 29.8 Å². The molecule has 0 bridgehead atoms. The summed E-state index contributed by atoms with van der Waals surface area (Å²) in [5, 5.41) is 29.9. The number of anilines is 1. The van der Waals surface area contributed by atoms with E-state index in [2.05, 4.69) is 4.98 Å². The average Bonchev–Trinajstić information content (AvgIpc) is 2.96. The Labute approximate surface area is 130 Å². The molecule has 0 unspecified atom stereocenters. The number of nitro groups is 1. The van der Waals surface area contributed by atoms with Gasteiger partial charge in [0.2, 0.25) is 5.82 Å². The molecule has 124 valence electrons. The summed E-state index contributed by atoms with van der Waals surface area (Å²) < 4.78 is 15.2. The van der Waals surface area contributed by atoms with E-state index in [9.17, 15) is 20.0 Å². The molecule has 9 heteroatoms. The highest BCUT2D eigenvalue weighted by atomic mass is 19.1. The Balaban J connectivity index is 2.04. The number of alkyl halides is 1. The third-order valence-corrected chi connectivity index (χ3v) is 4.99. The molecule has 1 aromatic heterocycles. The average molecular weight is 325 g/mol. The first-order valence-corrected chi connectivity index (χ1v) is 7.25. The van der Waals surface area contributed by atoms with Gasteiger partial charge >= 0.3 is 11.7 Å². The lowest BCUT2D eigenvalue weighted by molar-refractivity contribution is -0.384. The lowest BCUT2D eigenvalue weighted by atomic mass is 9.79. The van der Waals surface area contributed by atoms with Gasteiger partial charge in [-0.1, -0.05) is 0 Å². The molecule has 1 aromatic rings. The van der Waals surface area contributed by atoms with Crippen LogP contribution in [0.25, 0.3) is 0 Å². The number of aliphatic hydroxyl groups is 1. The predicted octanol–water partition coefficient (Wildman–Crippen LogP) is 1.38. The number of carboxylic acid groups (broad SMARTS) is 1. The molecule has 1 saturated heterocycles. The zero-order valence-corrected chi connectivity index (χ0v) is 12.2. The van der Waals surface area contributed by atoms with Crippen LogP contribution >= 0.6 is 0 Å². The Kier molecular flexibility index (Phi) is 3.47. The first kappa shape index (κ1) is 15.6. The summed E-state index contributed by atoms with van der Waals surface area (Å²) in [6, 6.07) is 2.12. The standard InChI is InChI=1S/C14H16FN3O5/c15-14-5-1-4-13(14,8-19)6-17(7-14)11-10(18(22)23)3-2-9(16-11)12(20)21/h2-3,19H,1,4-8H2,(H,20,21)/t13-,14-/m1/s1. The highest BCUT2D eigenvalue weighted by Crippen LogP contribution is 2.55. The molecule has 2 fully saturated rings. The molecule has 0 radical (unpaired) electrons. The fourth-order valence-electron chi connectivity index (χ4n) is 3.74. The maximum Gasteiger partial charge on any atom is 0.354 e. The number of aromatic carboxylic acids is 1. The maximum atomic E-state index is 15.2. The number of rotatable bonds is 4. The van der Waals surface area contributed by atoms with Crippen molar-refractivity contribution in [2.75, 3.05) is 24.6 Å². The molecule has 0 aromatic carbocycles. The van der Waals surface area contributed by atoms with E-state index in [0.29, 0.717) is 12.8 Å². The topological polar surface area (TPSA) is 117 Å². The third kappa shape index (κ3) is 2.23. The van der Waals surface area contributed by atoms with Gasteiger partial charge in [-0.15, -0.1) is 0 Å². The van der Waals surface area contributed by atoms with E-state index in [4.69, 9.17) is 5.11 Å². The van der Waals surface area contributed by atoms with Gasteiger partial charge in [0.05, 0.1) is 18.1 Å². The minimum absolute atomic E-state index is 0.0803. The van der Waals surface area contributed by atoms with Gasteiger partial charge in [0.15, 0.2) is 5.69 Å². The minimum atomic E-state index is -1.64. The second-order valence-electron chi connectivity index (χ2n) is 6.21. The number of fused-ring (bicyclic) bond motifs is 1. The van der Waals surface area contributed by atoms with Crippen molar-refractivity contribution in [3.8, 4) is 0 Å². The smallest absolute Gasteiger partial charge is 0.354 e. The van der Waals surface area contributed by atoms with E-state index in [1.54, 1.807) is 0 Å². The number of carbonyl (C=O) groups is 1. The number of aliphatic hydroxyl groups excluding tert-OH is 1. The molecular weight excluding hydrogens is 309 g/mol. The Bertz CT molecular complexity index is 684. The summed E-state index contributed by atoms with van der Waals surface area (Å²) in [5.41, 5.74) is -3.32. The third-order valence-electron chi connectivity index (χ3n) is 4.99. The molecule has 0 amide bonds. The van der Waals surface area contributed by atoms with Crippen LogP contribution in [-0.4, -0.2) is 51.5 Å². The van der Waals surface area contributed by atoms with Crippen molar-refractivity contribution < 1.29 is 24.3 Å². The van der Waals surface area contributed by atoms with Gasteiger partial charge in [-0.2, -0.15) is 0 Å². The van der Waals surface area contributed by atoms with Crippen LogP contribution in [0.2, 0.25) is 0 Å². The molecular formula is C14H16FN3O5. The fraction of sp³-hybridized carbons (Fsp3) is 0.571. The molecule has 2 atom stereocenters. The van der Waals surface area contributed by atoms with E-state index in [-0.39, 0.29) is 43.3 Å². The van der Waals surface area contributed by atoms with Crippen molar-refractivity contribution in [3.63, 3.8) is 0 Å². The van der Waals surface area contributed by atoms with E-state index >= 15 is 4.39 Å². The molecule has 1 aliphatic heterocycles. The van der Waals surface area contributed by atoms with Gasteiger partial charge in [0.1, 0.15) is 5.67 Å². The minimum Gasteiger partial charge on any atom is -0.477 e. The summed E-state index contributed by atoms with van der Waals surface area (Å²) in [7, 11) is 0. The van der Waals surface area contributed by atoms with Crippen molar-refractivity contribution >= 4 is 17.5 Å². The maximum absolute atomic E-state index is 15.2. The molecule has 0 spiro atoms. The zero-order chi connectivity index (χ0) is 16.8. The zero-order valence-electron chi connectivity index (χ0n) is 12.2. The predicted molar refractivity (Wildman–Crippen MR) is 77.3 cm³/mol. The van der Waals surface area contributed by atoms with Crippen molar-refractivity contribution in [1.29, 1.82) is 0 Å². The van der Waals surface area contributed by atoms with Crippen LogP contribution in [0.15, 0.2) is 12.1 Å². The largest absolute Gasteiger partial charge is 0.477 e. The van der Waals surface area contributed by atoms with Crippen molar-refractivity contribution in [2.45, 2.75) is 24.9 Å². The highest BCUT2D eigenvalue weighted by molar-refractivity contribution is 5.86. The normalized spacial score (nSPS) is 29.6. The molecule has 8 nitrogen and oxygen atoms in total. The Morgan fingerprint density at radius 1 is 1.43 bits per heavy atom. The number of hydrogen-bond acceptors (Lipinski definition) is 6. The van der Waals surface area contributed by atoms with Crippen molar-refractivity contribution in [2.24, 2.45) is 5.41 Å². The van der Waals surface area contributed by atoms with Crippen molar-refractivity contribution in [3.05, 3.63) is 27.9 Å². The van der Waals surface area contributed by atoms with Crippen molar-refractivity contribution in [1.82, 2.24) is 4.98 Å². The second-order valence-corrected chi connectivity index (χ2v) is 6.21. The molecule has 2 N–H and O–H groups in total. The number of hydrogen-bond donors (Lipinski definition) is 2. The van der Waals surface area contributed by atoms with E-state index < -0.39 is 22.0 Å². The van der Waals surface area contributed by atoms with Crippen LogP contribution < -0.4 is 4.90 Å². The number of carboxylic acids is 1. The van der Waals surface area contributed by atoms with E-state index in [1.165, 1.54) is 4.90 Å². The van der Waals surface area contributed by atoms with Crippen LogP contribution in [0, 0.1) is 15.5 Å². The van der Waals surface area contributed by atoms with Crippen LogP contribution in [0.4, 0.5) is 15.9 Å². The summed E-state index contributed by atoms with van der Waals surface area (Å²) in [4.78, 5) is 26.8. The summed E-state index contributed by atoms with van der Waals surface area (Å²) in [6.07, 6.45) is 1.41. The van der Waals surface area contributed by atoms with Gasteiger partial charge < -0.3 is 15.1 Å². The van der Waals surface area contributed by atoms with Gasteiger partial charge in [0, 0.05) is 18.0 Å². The highest BCUT2D eigenvalue weighted by Gasteiger charge is 2.62. The second kappa shape index (κ2) is 5.12. The van der Waals surface area contributed by atoms with E-state index in [0.717, 1.165) is 12.1 Å². The number of aromatic nitrogens is 1. The lowest BCUT2D eigenvalue weighted by Crippen LogP contribution is -2.41. The Hall–Kier alpha value is -2.29.